The van der Waals surface area contributed by atoms with Crippen molar-refractivity contribution in [1.29, 1.82) is 0 Å². The number of carbonyl (C=O) groups is 3. The zero-order valence-corrected chi connectivity index (χ0v) is 43.8. The van der Waals surface area contributed by atoms with E-state index in [0.717, 1.165) is 63.7 Å². The smallest absolute Gasteiger partial charge is 0.306 e. The average molecular weight is 906 g/mol. The summed E-state index contributed by atoms with van der Waals surface area (Å²) in [4.78, 5) is 38.1. The summed E-state index contributed by atoms with van der Waals surface area (Å²) in [7, 11) is 0. The summed E-state index contributed by atoms with van der Waals surface area (Å²) in [6, 6.07) is 0. The van der Waals surface area contributed by atoms with Crippen molar-refractivity contribution in [3.05, 3.63) is 0 Å². The van der Waals surface area contributed by atoms with Crippen molar-refractivity contribution in [3.63, 3.8) is 0 Å². The van der Waals surface area contributed by atoms with Gasteiger partial charge >= 0.3 is 17.9 Å². The summed E-state index contributed by atoms with van der Waals surface area (Å²) in [5.74, 6) is -0.00292. The first-order chi connectivity index (χ1) is 31.4. The van der Waals surface area contributed by atoms with Gasteiger partial charge in [0.05, 0.1) is 0 Å². The zero-order chi connectivity index (χ0) is 46.7. The topological polar surface area (TPSA) is 78.9 Å². The van der Waals surface area contributed by atoms with Gasteiger partial charge in [0, 0.05) is 19.3 Å². The molecule has 0 fully saturated rings. The first kappa shape index (κ1) is 62.4. The Morgan fingerprint density at radius 3 is 0.766 bits per heavy atom. The molecule has 0 amide bonds. The Bertz CT molecular complexity index is 964. The molecule has 0 unspecified atom stereocenters. The molecule has 1 atom stereocenters. The molecule has 0 spiro atoms. The van der Waals surface area contributed by atoms with Crippen molar-refractivity contribution < 1.29 is 28.6 Å². The molecule has 6 nitrogen and oxygen atoms in total. The summed E-state index contributed by atoms with van der Waals surface area (Å²) in [6.45, 7) is 9.05. The van der Waals surface area contributed by atoms with Crippen molar-refractivity contribution in [3.8, 4) is 0 Å². The van der Waals surface area contributed by atoms with Crippen LogP contribution in [0.15, 0.2) is 0 Å². The van der Waals surface area contributed by atoms with Gasteiger partial charge in [-0.15, -0.1) is 0 Å². The van der Waals surface area contributed by atoms with Gasteiger partial charge in [-0.1, -0.05) is 291 Å². The van der Waals surface area contributed by atoms with E-state index < -0.39 is 6.10 Å². The van der Waals surface area contributed by atoms with Crippen molar-refractivity contribution in [2.45, 2.75) is 336 Å². The fourth-order valence-corrected chi connectivity index (χ4v) is 8.92. The van der Waals surface area contributed by atoms with Gasteiger partial charge in [0.25, 0.3) is 0 Å². The molecule has 0 aliphatic heterocycles. The molecule has 380 valence electrons. The third-order valence-corrected chi connectivity index (χ3v) is 13.3. The summed E-state index contributed by atoms with van der Waals surface area (Å²) in [6.07, 6.45) is 56.7. The Labute approximate surface area is 399 Å². The fraction of sp³-hybridized carbons (Fsp3) is 0.948. The van der Waals surface area contributed by atoms with E-state index in [1.54, 1.807) is 0 Å². The highest BCUT2D eigenvalue weighted by atomic mass is 16.6. The van der Waals surface area contributed by atoms with Gasteiger partial charge < -0.3 is 14.2 Å². The highest BCUT2D eigenvalue weighted by molar-refractivity contribution is 5.71. The Hall–Kier alpha value is -1.59. The predicted octanol–water partition coefficient (Wildman–Crippen LogP) is 19.0. The first-order valence-electron chi connectivity index (χ1n) is 28.9. The predicted molar refractivity (Wildman–Crippen MR) is 275 cm³/mol. The van der Waals surface area contributed by atoms with E-state index in [0.29, 0.717) is 19.3 Å². The van der Waals surface area contributed by atoms with E-state index in [2.05, 4.69) is 27.7 Å². The Morgan fingerprint density at radius 2 is 0.516 bits per heavy atom. The normalized spacial score (nSPS) is 12.0. The molecule has 0 bridgehead atoms. The van der Waals surface area contributed by atoms with Gasteiger partial charge in [0.2, 0.25) is 0 Å². The minimum atomic E-state index is -0.761. The molecule has 0 aromatic rings. The van der Waals surface area contributed by atoms with Crippen LogP contribution in [0.2, 0.25) is 0 Å². The molecule has 0 N–H and O–H groups in total. The van der Waals surface area contributed by atoms with Gasteiger partial charge in [-0.25, -0.2) is 0 Å². The molecule has 0 aromatic heterocycles. The molecule has 0 radical (unpaired) electrons. The highest BCUT2D eigenvalue weighted by Crippen LogP contribution is 2.18. The maximum atomic E-state index is 12.8. The maximum Gasteiger partial charge on any atom is 0.306 e. The van der Waals surface area contributed by atoms with Crippen molar-refractivity contribution in [2.24, 2.45) is 5.92 Å². The van der Waals surface area contributed by atoms with E-state index in [1.165, 1.54) is 225 Å². The number of rotatable bonds is 53. The summed E-state index contributed by atoms with van der Waals surface area (Å²) in [5, 5.41) is 0. The van der Waals surface area contributed by atoms with Gasteiger partial charge in [0.1, 0.15) is 13.2 Å². The fourth-order valence-electron chi connectivity index (χ4n) is 8.92. The minimum absolute atomic E-state index is 0.0619. The number of hydrogen-bond donors (Lipinski definition) is 0. The van der Waals surface area contributed by atoms with E-state index in [1.807, 2.05) is 0 Å². The molecule has 6 heteroatoms. The van der Waals surface area contributed by atoms with E-state index in [4.69, 9.17) is 14.2 Å². The second kappa shape index (κ2) is 52.4. The SMILES string of the molecule is CCCCCCCCCCCCCCCCCCCCCC(=O)OC[C@H](COC(=O)CCCCCCCCCCCCCCC(C)C)OC(=O)CCCCCCCCCCCCCC. The number of hydrogen-bond acceptors (Lipinski definition) is 6. The van der Waals surface area contributed by atoms with Crippen LogP contribution in [0, 0.1) is 5.92 Å². The monoisotopic (exact) mass is 905 g/mol. The van der Waals surface area contributed by atoms with Crippen LogP contribution in [0.3, 0.4) is 0 Å². The van der Waals surface area contributed by atoms with Gasteiger partial charge in [-0.2, -0.15) is 0 Å². The van der Waals surface area contributed by atoms with E-state index in [-0.39, 0.29) is 31.1 Å². The molecule has 0 rings (SSSR count). The summed E-state index contributed by atoms with van der Waals surface area (Å²) < 4.78 is 16.9. The van der Waals surface area contributed by atoms with Crippen molar-refractivity contribution in [1.82, 2.24) is 0 Å². The molecule has 0 aromatic carbocycles. The molecule has 0 saturated heterocycles. The van der Waals surface area contributed by atoms with Crippen LogP contribution in [0.25, 0.3) is 0 Å². The van der Waals surface area contributed by atoms with Crippen LogP contribution in [-0.2, 0) is 28.6 Å². The van der Waals surface area contributed by atoms with Crippen LogP contribution >= 0.6 is 0 Å². The lowest BCUT2D eigenvalue weighted by Crippen LogP contribution is -2.30. The average Bonchev–Trinajstić information content (AvgIpc) is 3.28. The second-order valence-electron chi connectivity index (χ2n) is 20.4. The quantitative estimate of drug-likeness (QED) is 0.0344. The van der Waals surface area contributed by atoms with Crippen molar-refractivity contribution in [2.75, 3.05) is 13.2 Å². The maximum absolute atomic E-state index is 12.8. The first-order valence-corrected chi connectivity index (χ1v) is 28.9. The lowest BCUT2D eigenvalue weighted by Gasteiger charge is -2.18. The van der Waals surface area contributed by atoms with Crippen LogP contribution < -0.4 is 0 Å². The van der Waals surface area contributed by atoms with Crippen molar-refractivity contribution >= 4 is 17.9 Å². The van der Waals surface area contributed by atoms with Gasteiger partial charge in [-0.05, 0) is 25.2 Å². The van der Waals surface area contributed by atoms with Crippen LogP contribution in [0.4, 0.5) is 0 Å². The van der Waals surface area contributed by atoms with Crippen LogP contribution in [0.5, 0.6) is 0 Å². The van der Waals surface area contributed by atoms with Crippen LogP contribution in [-0.4, -0.2) is 37.2 Å². The summed E-state index contributed by atoms with van der Waals surface area (Å²) >= 11 is 0. The van der Waals surface area contributed by atoms with Gasteiger partial charge in [-0.3, -0.25) is 14.4 Å². The molecule has 64 heavy (non-hydrogen) atoms. The second-order valence-corrected chi connectivity index (χ2v) is 20.4. The molecule has 0 heterocycles. The van der Waals surface area contributed by atoms with Crippen LogP contribution in [0.1, 0.15) is 329 Å². The van der Waals surface area contributed by atoms with E-state index >= 15 is 0 Å². The van der Waals surface area contributed by atoms with E-state index in [9.17, 15) is 14.4 Å². The summed E-state index contributed by atoms with van der Waals surface area (Å²) in [5.41, 5.74) is 0. The number of unbranched alkanes of at least 4 members (excludes halogenated alkanes) is 40. The molecular weight excluding hydrogens is 793 g/mol. The standard InChI is InChI=1S/C58H112O6/c1-5-7-9-11-13-15-17-19-20-21-22-23-24-25-30-33-37-41-45-49-56(59)62-52-55(64-58(61)51-47-43-39-35-29-18-16-14-12-10-8-6-2)53-63-57(60)50-46-42-38-34-31-27-26-28-32-36-40-44-48-54(3)4/h54-55H,5-53H2,1-4H3/t55-/m1/s1. The Kier molecular flexibility index (Phi) is 51.1. The highest BCUT2D eigenvalue weighted by Gasteiger charge is 2.19. The molecular formula is C58H112O6. The molecule has 0 saturated carbocycles. The zero-order valence-electron chi connectivity index (χ0n) is 43.8. The largest absolute Gasteiger partial charge is 0.462 e. The lowest BCUT2D eigenvalue weighted by molar-refractivity contribution is -0.167. The third-order valence-electron chi connectivity index (χ3n) is 13.3. The molecule has 0 aliphatic rings. The third kappa shape index (κ3) is 51.4. The molecule has 0 aliphatic carbocycles. The number of esters is 3. The lowest BCUT2D eigenvalue weighted by atomic mass is 10.0. The number of carbonyl (C=O) groups excluding carboxylic acids is 3. The Balaban J connectivity index is 4.25. The minimum Gasteiger partial charge on any atom is -0.462 e. The van der Waals surface area contributed by atoms with Gasteiger partial charge in [0.15, 0.2) is 6.10 Å². The Morgan fingerprint density at radius 1 is 0.297 bits per heavy atom. The number of ether oxygens (including phenoxy) is 3.